The highest BCUT2D eigenvalue weighted by atomic mass is 16.3. The Morgan fingerprint density at radius 1 is 0.960 bits per heavy atom. The molecule has 2 fully saturated rings. The van der Waals surface area contributed by atoms with Gasteiger partial charge in [-0.25, -0.2) is 0 Å². The van der Waals surface area contributed by atoms with E-state index in [0.717, 1.165) is 51.9 Å². The average molecular weight is 356 g/mol. The number of rotatable bonds is 4. The lowest BCUT2D eigenvalue weighted by Crippen LogP contribution is -2.49. The summed E-state index contributed by atoms with van der Waals surface area (Å²) in [5.74, 6) is 1.10. The van der Waals surface area contributed by atoms with Crippen molar-refractivity contribution < 1.29 is 9.90 Å². The van der Waals surface area contributed by atoms with Gasteiger partial charge in [0.15, 0.2) is 0 Å². The van der Waals surface area contributed by atoms with Gasteiger partial charge in [-0.3, -0.25) is 4.79 Å². The molecule has 25 heavy (non-hydrogen) atoms. The Hall–Kier alpha value is -0.650. The van der Waals surface area contributed by atoms with E-state index < -0.39 is 0 Å². The monoisotopic (exact) mass is 355 g/mol. The Morgan fingerprint density at radius 2 is 1.44 bits per heavy atom. The predicted octanol–water partition coefficient (Wildman–Crippen LogP) is 2.34. The van der Waals surface area contributed by atoms with Gasteiger partial charge in [0.25, 0.3) is 0 Å². The summed E-state index contributed by atoms with van der Waals surface area (Å²) in [5, 5.41) is 12.2. The zero-order valence-corrected chi connectivity index (χ0v) is 17.3. The second kappa shape index (κ2) is 11.1. The van der Waals surface area contributed by atoms with E-state index in [4.69, 9.17) is 5.11 Å². The molecule has 2 N–H and O–H groups in total. The molecule has 2 rings (SSSR count). The quantitative estimate of drug-likeness (QED) is 0.813. The minimum absolute atomic E-state index is 0.148. The third kappa shape index (κ3) is 8.52. The van der Waals surface area contributed by atoms with Gasteiger partial charge in [0, 0.05) is 31.1 Å². The summed E-state index contributed by atoms with van der Waals surface area (Å²) in [5.41, 5.74) is 0. The molecular weight excluding hydrogens is 314 g/mol. The lowest BCUT2D eigenvalue weighted by atomic mass is 9.94. The molecule has 2 heterocycles. The van der Waals surface area contributed by atoms with Crippen LogP contribution in [0.1, 0.15) is 60.3 Å². The van der Waals surface area contributed by atoms with Crippen LogP contribution < -0.4 is 5.32 Å². The van der Waals surface area contributed by atoms with Crippen molar-refractivity contribution in [1.29, 1.82) is 0 Å². The van der Waals surface area contributed by atoms with Crippen molar-refractivity contribution in [3.8, 4) is 0 Å². The van der Waals surface area contributed by atoms with E-state index in [1.54, 1.807) is 6.92 Å². The minimum Gasteiger partial charge on any atom is -0.393 e. The summed E-state index contributed by atoms with van der Waals surface area (Å²) in [6.07, 6.45) is 4.15. The molecule has 2 saturated heterocycles. The molecular formula is C20H41N3O2. The first kappa shape index (κ1) is 22.4. The molecule has 2 aliphatic heterocycles. The fourth-order valence-corrected chi connectivity index (χ4v) is 3.25. The van der Waals surface area contributed by atoms with Crippen molar-refractivity contribution in [2.45, 2.75) is 78.5 Å². The van der Waals surface area contributed by atoms with Crippen molar-refractivity contribution in [2.75, 3.05) is 33.2 Å². The van der Waals surface area contributed by atoms with Crippen LogP contribution in [0.3, 0.4) is 0 Å². The first-order valence-electron chi connectivity index (χ1n) is 10.1. The van der Waals surface area contributed by atoms with Crippen LogP contribution in [0.15, 0.2) is 0 Å². The largest absolute Gasteiger partial charge is 0.393 e. The summed E-state index contributed by atoms with van der Waals surface area (Å²) in [7, 11) is 2.14. The highest BCUT2D eigenvalue weighted by molar-refractivity contribution is 5.79. The fourth-order valence-electron chi connectivity index (χ4n) is 3.25. The topological polar surface area (TPSA) is 55.8 Å². The highest BCUT2D eigenvalue weighted by Gasteiger charge is 2.30. The predicted molar refractivity (Wildman–Crippen MR) is 105 cm³/mol. The third-order valence-corrected chi connectivity index (χ3v) is 5.41. The second-order valence-corrected chi connectivity index (χ2v) is 8.48. The van der Waals surface area contributed by atoms with Crippen molar-refractivity contribution in [1.82, 2.24) is 15.1 Å². The van der Waals surface area contributed by atoms with Crippen molar-refractivity contribution in [3.05, 3.63) is 0 Å². The number of piperidine rings is 2. The van der Waals surface area contributed by atoms with E-state index in [1.807, 2.05) is 13.8 Å². The molecule has 1 atom stereocenters. The Labute approximate surface area is 155 Å². The summed E-state index contributed by atoms with van der Waals surface area (Å²) < 4.78 is 0. The van der Waals surface area contributed by atoms with E-state index in [0.29, 0.717) is 23.9 Å². The van der Waals surface area contributed by atoms with Crippen LogP contribution >= 0.6 is 0 Å². The normalized spacial score (nSPS) is 22.0. The Bertz CT molecular complexity index is 363. The van der Waals surface area contributed by atoms with E-state index in [2.05, 4.69) is 36.0 Å². The maximum absolute atomic E-state index is 12.5. The first-order valence-corrected chi connectivity index (χ1v) is 10.1. The number of aliphatic hydroxyl groups is 1. The Morgan fingerprint density at radius 3 is 1.84 bits per heavy atom. The van der Waals surface area contributed by atoms with Gasteiger partial charge in [-0.05, 0) is 58.7 Å². The van der Waals surface area contributed by atoms with Gasteiger partial charge in [-0.15, -0.1) is 0 Å². The van der Waals surface area contributed by atoms with Crippen molar-refractivity contribution in [2.24, 2.45) is 11.8 Å². The number of nitrogens with one attached hydrogen (secondary N) is 1. The molecule has 0 radical (unpaired) electrons. The van der Waals surface area contributed by atoms with E-state index in [1.165, 1.54) is 0 Å². The van der Waals surface area contributed by atoms with Crippen LogP contribution in [0.2, 0.25) is 0 Å². The number of hydrogen-bond acceptors (Lipinski definition) is 4. The molecule has 5 nitrogen and oxygen atoms in total. The van der Waals surface area contributed by atoms with E-state index >= 15 is 0 Å². The van der Waals surface area contributed by atoms with Crippen LogP contribution in [0, 0.1) is 11.8 Å². The zero-order chi connectivity index (χ0) is 19.0. The highest BCUT2D eigenvalue weighted by Crippen LogP contribution is 2.21. The maximum Gasteiger partial charge on any atom is 0.225 e. The van der Waals surface area contributed by atoms with E-state index in [9.17, 15) is 4.79 Å². The van der Waals surface area contributed by atoms with Crippen LogP contribution in [0.5, 0.6) is 0 Å². The van der Waals surface area contributed by atoms with Gasteiger partial charge in [-0.2, -0.15) is 0 Å². The minimum atomic E-state index is -0.148. The number of hydrogen-bond donors (Lipinski definition) is 2. The summed E-state index contributed by atoms with van der Waals surface area (Å²) in [6.45, 7) is 14.2. The van der Waals surface area contributed by atoms with Crippen molar-refractivity contribution in [3.63, 3.8) is 0 Å². The smallest absolute Gasteiger partial charge is 0.225 e. The SMILES string of the molecule is CC(C)C(C)O.CC(C)NC1CCN(C(=O)C2CCN(C)CC2)CC1. The zero-order valence-electron chi connectivity index (χ0n) is 17.3. The molecule has 0 aliphatic carbocycles. The number of carbonyl (C=O) groups is 1. The molecule has 0 aromatic heterocycles. The van der Waals surface area contributed by atoms with Crippen LogP contribution in [-0.4, -0.2) is 72.2 Å². The van der Waals surface area contributed by atoms with Crippen LogP contribution in [0.25, 0.3) is 0 Å². The van der Waals surface area contributed by atoms with Gasteiger partial charge < -0.3 is 20.2 Å². The molecule has 0 bridgehead atoms. The van der Waals surface area contributed by atoms with Crippen LogP contribution in [-0.2, 0) is 4.79 Å². The Balaban J connectivity index is 0.000000450. The lowest BCUT2D eigenvalue weighted by Gasteiger charge is -2.37. The molecule has 0 aromatic rings. The number of amides is 1. The van der Waals surface area contributed by atoms with Gasteiger partial charge in [0.05, 0.1) is 6.10 Å². The molecule has 148 valence electrons. The molecule has 0 saturated carbocycles. The standard InChI is InChI=1S/C15H29N3O.C5H12O/c1-12(2)16-14-6-10-18(11-7-14)15(19)13-4-8-17(3)9-5-13;1-4(2)5(3)6/h12-14,16H,4-11H2,1-3H3;4-6H,1-3H3. The number of nitrogens with zero attached hydrogens (tertiary/aromatic N) is 2. The Kier molecular flexibility index (Phi) is 9.98. The molecule has 1 amide bonds. The van der Waals surface area contributed by atoms with Gasteiger partial charge >= 0.3 is 0 Å². The van der Waals surface area contributed by atoms with Crippen LogP contribution in [0.4, 0.5) is 0 Å². The molecule has 5 heteroatoms. The van der Waals surface area contributed by atoms with Gasteiger partial charge in [-0.1, -0.05) is 27.7 Å². The second-order valence-electron chi connectivity index (χ2n) is 8.48. The first-order chi connectivity index (χ1) is 11.7. The third-order valence-electron chi connectivity index (χ3n) is 5.41. The summed E-state index contributed by atoms with van der Waals surface area (Å²) in [6, 6.07) is 1.14. The fraction of sp³-hybridized carbons (Fsp3) is 0.950. The number of carbonyl (C=O) groups excluding carboxylic acids is 1. The van der Waals surface area contributed by atoms with Crippen molar-refractivity contribution >= 4 is 5.91 Å². The summed E-state index contributed by atoms with van der Waals surface area (Å²) in [4.78, 5) is 16.9. The average Bonchev–Trinajstić information content (AvgIpc) is 2.55. The molecule has 2 aliphatic rings. The van der Waals surface area contributed by atoms with Gasteiger partial charge in [0.2, 0.25) is 5.91 Å². The molecule has 0 spiro atoms. The lowest BCUT2D eigenvalue weighted by molar-refractivity contribution is -0.138. The number of likely N-dealkylation sites (tertiary alicyclic amines) is 2. The summed E-state index contributed by atoms with van der Waals surface area (Å²) >= 11 is 0. The molecule has 1 unspecified atom stereocenters. The van der Waals surface area contributed by atoms with E-state index in [-0.39, 0.29) is 12.0 Å². The number of aliphatic hydroxyl groups excluding tert-OH is 1. The maximum atomic E-state index is 12.5. The van der Waals surface area contributed by atoms with Gasteiger partial charge in [0.1, 0.15) is 0 Å². The molecule has 0 aromatic carbocycles.